The maximum atomic E-state index is 13.0. The highest BCUT2D eigenvalue weighted by atomic mass is 19.3. The van der Waals surface area contributed by atoms with Crippen molar-refractivity contribution in [3.05, 3.63) is 29.8 Å². The molecule has 0 spiro atoms. The molecule has 0 amide bonds. The Morgan fingerprint density at radius 2 is 1.82 bits per heavy atom. The molecule has 0 saturated heterocycles. The maximum absolute atomic E-state index is 13.0. The van der Waals surface area contributed by atoms with Crippen molar-refractivity contribution in [1.29, 1.82) is 0 Å². The lowest BCUT2D eigenvalue weighted by molar-refractivity contribution is -0.242. The van der Waals surface area contributed by atoms with Crippen LogP contribution in [0.2, 0.25) is 0 Å². The SMILES string of the molecule is COc1ccccc1C(O)(C(F)F)C(N)(F)F. The number of halogens is 4. The molecular weight excluding hydrogens is 242 g/mol. The van der Waals surface area contributed by atoms with E-state index < -0.39 is 23.6 Å². The second-order valence-electron chi connectivity index (χ2n) is 3.39. The van der Waals surface area contributed by atoms with Crippen molar-refractivity contribution in [2.75, 3.05) is 7.11 Å². The van der Waals surface area contributed by atoms with Gasteiger partial charge in [-0.25, -0.2) is 8.78 Å². The van der Waals surface area contributed by atoms with Crippen LogP contribution in [0.3, 0.4) is 0 Å². The van der Waals surface area contributed by atoms with Crippen molar-refractivity contribution < 1.29 is 27.4 Å². The average molecular weight is 253 g/mol. The molecule has 1 atom stereocenters. The maximum Gasteiger partial charge on any atom is 0.338 e. The fourth-order valence-corrected chi connectivity index (χ4v) is 1.40. The Kier molecular flexibility index (Phi) is 3.63. The number of nitrogens with two attached hydrogens (primary N) is 1. The molecule has 0 aliphatic carbocycles. The third kappa shape index (κ3) is 2.20. The number of hydrogen-bond acceptors (Lipinski definition) is 3. The van der Waals surface area contributed by atoms with Gasteiger partial charge in [0, 0.05) is 5.56 Å². The summed E-state index contributed by atoms with van der Waals surface area (Å²) in [6.45, 7) is 0. The van der Waals surface area contributed by atoms with Crippen LogP contribution in [-0.4, -0.2) is 24.7 Å². The van der Waals surface area contributed by atoms with E-state index >= 15 is 0 Å². The van der Waals surface area contributed by atoms with Crippen LogP contribution in [0.4, 0.5) is 17.6 Å². The first-order chi connectivity index (χ1) is 7.75. The highest BCUT2D eigenvalue weighted by Crippen LogP contribution is 2.42. The minimum Gasteiger partial charge on any atom is -0.496 e. The zero-order valence-electron chi connectivity index (χ0n) is 8.83. The fourth-order valence-electron chi connectivity index (χ4n) is 1.40. The molecule has 1 rings (SSSR count). The largest absolute Gasteiger partial charge is 0.496 e. The molecule has 0 aromatic heterocycles. The molecule has 3 nitrogen and oxygen atoms in total. The van der Waals surface area contributed by atoms with Gasteiger partial charge in [-0.1, -0.05) is 18.2 Å². The number of rotatable bonds is 4. The highest BCUT2D eigenvalue weighted by molar-refractivity contribution is 5.39. The molecule has 1 unspecified atom stereocenters. The van der Waals surface area contributed by atoms with E-state index in [2.05, 4.69) is 10.5 Å². The van der Waals surface area contributed by atoms with Crippen molar-refractivity contribution in [2.45, 2.75) is 18.1 Å². The summed E-state index contributed by atoms with van der Waals surface area (Å²) in [6.07, 6.45) is -3.77. The van der Waals surface area contributed by atoms with Gasteiger partial charge < -0.3 is 9.84 Å². The van der Waals surface area contributed by atoms with Gasteiger partial charge in [0.2, 0.25) is 5.60 Å². The smallest absolute Gasteiger partial charge is 0.338 e. The molecule has 0 aliphatic rings. The van der Waals surface area contributed by atoms with Crippen LogP contribution in [0.15, 0.2) is 24.3 Å². The molecule has 0 fully saturated rings. The second-order valence-corrected chi connectivity index (χ2v) is 3.39. The predicted molar refractivity (Wildman–Crippen MR) is 52.0 cm³/mol. The number of para-hydroxylation sites is 1. The molecule has 7 heteroatoms. The van der Waals surface area contributed by atoms with Crippen molar-refractivity contribution >= 4 is 0 Å². The Hall–Kier alpha value is -1.34. The van der Waals surface area contributed by atoms with E-state index in [0.29, 0.717) is 0 Å². The van der Waals surface area contributed by atoms with Crippen LogP contribution >= 0.6 is 0 Å². The minimum atomic E-state index is -4.50. The monoisotopic (exact) mass is 253 g/mol. The Balaban J connectivity index is 3.43. The van der Waals surface area contributed by atoms with Crippen LogP contribution < -0.4 is 10.5 Å². The van der Waals surface area contributed by atoms with E-state index in [0.717, 1.165) is 13.2 Å². The lowest BCUT2D eigenvalue weighted by atomic mass is 9.91. The van der Waals surface area contributed by atoms with Gasteiger partial charge in [-0.05, 0) is 6.07 Å². The number of hydrogen-bond donors (Lipinski definition) is 2. The summed E-state index contributed by atoms with van der Waals surface area (Å²) in [6, 6.07) is 0.190. The standard InChI is InChI=1S/C10H11F4NO2/c1-17-7-5-3-2-4-6(7)9(16,8(11)12)10(13,14)15/h2-5,8,16H,15H2,1H3. The van der Waals surface area contributed by atoms with Gasteiger partial charge in [0.15, 0.2) is 0 Å². The molecule has 0 bridgehead atoms. The molecule has 0 aliphatic heterocycles. The summed E-state index contributed by atoms with van der Waals surface area (Å²) in [4.78, 5) is 0. The van der Waals surface area contributed by atoms with E-state index in [1.54, 1.807) is 0 Å². The number of ether oxygens (including phenoxy) is 1. The third-order valence-corrected chi connectivity index (χ3v) is 2.34. The minimum absolute atomic E-state index is 0.291. The van der Waals surface area contributed by atoms with Crippen molar-refractivity contribution in [1.82, 2.24) is 0 Å². The zero-order valence-corrected chi connectivity index (χ0v) is 8.83. The summed E-state index contributed by atoms with van der Waals surface area (Å²) < 4.78 is 56.1. The molecule has 17 heavy (non-hydrogen) atoms. The Labute approximate surface area is 94.8 Å². The van der Waals surface area contributed by atoms with Crippen molar-refractivity contribution in [2.24, 2.45) is 5.73 Å². The van der Waals surface area contributed by atoms with Gasteiger partial charge >= 0.3 is 6.05 Å². The van der Waals surface area contributed by atoms with Crippen LogP contribution in [-0.2, 0) is 5.60 Å². The Bertz CT molecular complexity index is 394. The Morgan fingerprint density at radius 1 is 1.29 bits per heavy atom. The Morgan fingerprint density at radius 3 is 2.24 bits per heavy atom. The van der Waals surface area contributed by atoms with Crippen molar-refractivity contribution in [3.8, 4) is 5.75 Å². The van der Waals surface area contributed by atoms with Gasteiger partial charge in [-0.15, -0.1) is 0 Å². The van der Waals surface area contributed by atoms with E-state index in [1.807, 2.05) is 0 Å². The first kappa shape index (κ1) is 13.7. The lowest BCUT2D eigenvalue weighted by Gasteiger charge is -2.33. The molecule has 1 aromatic rings. The van der Waals surface area contributed by atoms with E-state index in [9.17, 15) is 22.7 Å². The summed E-state index contributed by atoms with van der Waals surface area (Å²) in [5.41, 5.74) is -0.200. The number of methoxy groups -OCH3 is 1. The van der Waals surface area contributed by atoms with Gasteiger partial charge in [0.05, 0.1) is 7.11 Å². The summed E-state index contributed by atoms with van der Waals surface area (Å²) in [5.74, 6) is -0.291. The fraction of sp³-hybridized carbons (Fsp3) is 0.400. The molecule has 1 aromatic carbocycles. The molecule has 96 valence electrons. The topological polar surface area (TPSA) is 55.5 Å². The summed E-state index contributed by atoms with van der Waals surface area (Å²) >= 11 is 0. The van der Waals surface area contributed by atoms with Gasteiger partial charge in [0.25, 0.3) is 6.43 Å². The number of benzene rings is 1. The van der Waals surface area contributed by atoms with E-state index in [1.165, 1.54) is 18.2 Å². The zero-order chi connectivity index (χ0) is 13.3. The highest BCUT2D eigenvalue weighted by Gasteiger charge is 2.59. The molecule has 0 saturated carbocycles. The molecule has 0 heterocycles. The molecule has 3 N–H and O–H groups in total. The second kappa shape index (κ2) is 4.50. The van der Waals surface area contributed by atoms with Gasteiger partial charge in [0.1, 0.15) is 5.75 Å². The van der Waals surface area contributed by atoms with E-state index in [-0.39, 0.29) is 5.75 Å². The van der Waals surface area contributed by atoms with Crippen LogP contribution in [0, 0.1) is 0 Å². The lowest BCUT2D eigenvalue weighted by Crippen LogP contribution is -2.56. The van der Waals surface area contributed by atoms with E-state index in [4.69, 9.17) is 0 Å². The number of aliphatic hydroxyl groups is 1. The normalized spacial score (nSPS) is 15.8. The molecule has 0 radical (unpaired) electrons. The predicted octanol–water partition coefficient (Wildman–Crippen LogP) is 1.70. The summed E-state index contributed by atoms with van der Waals surface area (Å²) in [5, 5.41) is 9.50. The first-order valence-corrected chi connectivity index (χ1v) is 4.56. The van der Waals surface area contributed by atoms with Crippen LogP contribution in [0.1, 0.15) is 5.56 Å². The van der Waals surface area contributed by atoms with Gasteiger partial charge in [-0.3, -0.25) is 5.73 Å². The first-order valence-electron chi connectivity index (χ1n) is 4.56. The third-order valence-electron chi connectivity index (χ3n) is 2.34. The van der Waals surface area contributed by atoms with Crippen LogP contribution in [0.5, 0.6) is 5.75 Å². The van der Waals surface area contributed by atoms with Gasteiger partial charge in [-0.2, -0.15) is 8.78 Å². The average Bonchev–Trinajstić information content (AvgIpc) is 2.26. The molecular formula is C10H11F4NO2. The quantitative estimate of drug-likeness (QED) is 0.634. The number of alkyl halides is 4. The summed E-state index contributed by atoms with van der Waals surface area (Å²) in [7, 11) is 1.11. The van der Waals surface area contributed by atoms with Crippen LogP contribution in [0.25, 0.3) is 0 Å². The van der Waals surface area contributed by atoms with Crippen molar-refractivity contribution in [3.63, 3.8) is 0 Å².